The molecular weight excluding hydrogens is 164 g/mol. The van der Waals surface area contributed by atoms with E-state index >= 15 is 0 Å². The Labute approximate surface area is 69.0 Å². The van der Waals surface area contributed by atoms with Gasteiger partial charge in [0.2, 0.25) is 5.78 Å². The zero-order valence-corrected chi connectivity index (χ0v) is 6.61. The Balaban J connectivity index is 4.19. The summed E-state index contributed by atoms with van der Waals surface area (Å²) in [6.07, 6.45) is -0.851. The molecule has 5 heteroatoms. The Morgan fingerprint density at radius 1 is 1.33 bits per heavy atom. The highest BCUT2D eigenvalue weighted by Crippen LogP contribution is 1.98. The molecule has 1 atom stereocenters. The molecule has 0 radical (unpaired) electrons. The van der Waals surface area contributed by atoms with E-state index in [0.717, 1.165) is 0 Å². The lowest BCUT2D eigenvalue weighted by atomic mass is 10.1. The topological polar surface area (TPSA) is 91.7 Å². The third-order valence-corrected chi connectivity index (χ3v) is 1.28. The van der Waals surface area contributed by atoms with Crippen LogP contribution in [0.4, 0.5) is 0 Å². The molecule has 0 aromatic carbocycles. The van der Waals surface area contributed by atoms with Gasteiger partial charge >= 0.3 is 11.8 Å². The minimum Gasteiger partial charge on any atom is -0.475 e. The number of aliphatic hydroxyl groups excluding tert-OH is 1. The monoisotopic (exact) mass is 174 g/mol. The molecular formula is C7H10O5. The second-order valence-corrected chi connectivity index (χ2v) is 2.30. The molecule has 0 bridgehead atoms. The highest BCUT2D eigenvalue weighted by atomic mass is 16.4. The highest BCUT2D eigenvalue weighted by molar-refractivity contribution is 6.62. The van der Waals surface area contributed by atoms with E-state index in [1.165, 1.54) is 0 Å². The SMILES string of the molecule is CCCC(O)C(=O)C(=O)C(=O)O. The fourth-order valence-corrected chi connectivity index (χ4v) is 0.661. The van der Waals surface area contributed by atoms with Crippen LogP contribution in [0.3, 0.4) is 0 Å². The van der Waals surface area contributed by atoms with Crippen molar-refractivity contribution in [2.75, 3.05) is 0 Å². The minimum absolute atomic E-state index is 0.109. The molecule has 0 aromatic rings. The normalized spacial score (nSPS) is 12.2. The molecule has 0 fully saturated rings. The smallest absolute Gasteiger partial charge is 0.380 e. The number of carboxylic acids is 1. The van der Waals surface area contributed by atoms with E-state index < -0.39 is 23.6 Å². The molecule has 0 saturated heterocycles. The van der Waals surface area contributed by atoms with Gasteiger partial charge in [0.25, 0.3) is 0 Å². The molecule has 0 spiro atoms. The highest BCUT2D eigenvalue weighted by Gasteiger charge is 2.27. The van der Waals surface area contributed by atoms with E-state index in [1.807, 2.05) is 0 Å². The number of aliphatic hydroxyl groups is 1. The van der Waals surface area contributed by atoms with Crippen molar-refractivity contribution in [1.29, 1.82) is 0 Å². The van der Waals surface area contributed by atoms with Gasteiger partial charge in [0.1, 0.15) is 6.10 Å². The van der Waals surface area contributed by atoms with E-state index in [0.29, 0.717) is 6.42 Å². The van der Waals surface area contributed by atoms with Crippen molar-refractivity contribution in [3.05, 3.63) is 0 Å². The van der Waals surface area contributed by atoms with Gasteiger partial charge in [-0.05, 0) is 6.42 Å². The number of carboxylic acid groups (broad SMARTS) is 1. The van der Waals surface area contributed by atoms with Gasteiger partial charge in [-0.2, -0.15) is 0 Å². The summed E-state index contributed by atoms with van der Waals surface area (Å²) in [7, 11) is 0. The Morgan fingerprint density at radius 3 is 2.17 bits per heavy atom. The number of carbonyl (C=O) groups is 3. The molecule has 0 aliphatic heterocycles. The Hall–Kier alpha value is -1.23. The van der Waals surface area contributed by atoms with Crippen molar-refractivity contribution in [2.24, 2.45) is 0 Å². The van der Waals surface area contributed by atoms with E-state index in [1.54, 1.807) is 6.92 Å². The van der Waals surface area contributed by atoms with Gasteiger partial charge < -0.3 is 10.2 Å². The summed E-state index contributed by atoms with van der Waals surface area (Å²) >= 11 is 0. The van der Waals surface area contributed by atoms with Crippen molar-refractivity contribution in [3.63, 3.8) is 0 Å². The number of hydrogen-bond donors (Lipinski definition) is 2. The first-order valence-corrected chi connectivity index (χ1v) is 3.50. The first-order chi connectivity index (χ1) is 5.50. The van der Waals surface area contributed by atoms with Crippen molar-refractivity contribution in [1.82, 2.24) is 0 Å². The zero-order valence-electron chi connectivity index (χ0n) is 6.61. The maximum Gasteiger partial charge on any atom is 0.380 e. The van der Waals surface area contributed by atoms with Gasteiger partial charge in [-0.3, -0.25) is 9.59 Å². The van der Waals surface area contributed by atoms with Gasteiger partial charge in [-0.1, -0.05) is 13.3 Å². The Morgan fingerprint density at radius 2 is 1.83 bits per heavy atom. The maximum atomic E-state index is 10.7. The van der Waals surface area contributed by atoms with Crippen LogP contribution in [-0.2, 0) is 14.4 Å². The fourth-order valence-electron chi connectivity index (χ4n) is 0.661. The molecule has 0 saturated carbocycles. The van der Waals surface area contributed by atoms with Gasteiger partial charge in [-0.25, -0.2) is 4.79 Å². The van der Waals surface area contributed by atoms with Crippen molar-refractivity contribution >= 4 is 17.5 Å². The Bertz CT molecular complexity index is 208. The summed E-state index contributed by atoms with van der Waals surface area (Å²) in [5.41, 5.74) is 0. The first kappa shape index (κ1) is 10.8. The molecule has 5 nitrogen and oxygen atoms in total. The van der Waals surface area contributed by atoms with E-state index in [9.17, 15) is 14.4 Å². The number of rotatable bonds is 5. The van der Waals surface area contributed by atoms with Crippen LogP contribution >= 0.6 is 0 Å². The maximum absolute atomic E-state index is 10.7. The standard InChI is InChI=1S/C7H10O5/c1-2-3-4(8)5(9)6(10)7(11)12/h4,8H,2-3H2,1H3,(H,11,12). The number of ketones is 2. The van der Waals surface area contributed by atoms with Gasteiger partial charge in [0.15, 0.2) is 0 Å². The summed E-state index contributed by atoms with van der Waals surface area (Å²) in [5, 5.41) is 17.0. The van der Waals surface area contributed by atoms with Crippen LogP contribution in [0.25, 0.3) is 0 Å². The number of hydrogen-bond acceptors (Lipinski definition) is 4. The fraction of sp³-hybridized carbons (Fsp3) is 0.571. The molecule has 68 valence electrons. The van der Waals surface area contributed by atoms with Crippen LogP contribution in [0, 0.1) is 0 Å². The average molecular weight is 174 g/mol. The van der Waals surface area contributed by atoms with Crippen LogP contribution in [0.5, 0.6) is 0 Å². The summed E-state index contributed by atoms with van der Waals surface area (Å²) < 4.78 is 0. The minimum atomic E-state index is -1.82. The van der Waals surface area contributed by atoms with Crippen LogP contribution in [0.1, 0.15) is 19.8 Å². The third kappa shape index (κ3) is 2.79. The average Bonchev–Trinajstić information content (AvgIpc) is 2.02. The van der Waals surface area contributed by atoms with E-state index in [2.05, 4.69) is 0 Å². The van der Waals surface area contributed by atoms with Gasteiger partial charge in [0, 0.05) is 0 Å². The van der Waals surface area contributed by atoms with Gasteiger partial charge in [-0.15, -0.1) is 0 Å². The third-order valence-electron chi connectivity index (χ3n) is 1.28. The first-order valence-electron chi connectivity index (χ1n) is 3.50. The second-order valence-electron chi connectivity index (χ2n) is 2.30. The molecule has 12 heavy (non-hydrogen) atoms. The van der Waals surface area contributed by atoms with Crippen LogP contribution in [0.15, 0.2) is 0 Å². The predicted octanol–water partition coefficient (Wildman–Crippen LogP) is -0.630. The number of carbonyl (C=O) groups excluding carboxylic acids is 2. The van der Waals surface area contributed by atoms with E-state index in [4.69, 9.17) is 10.2 Å². The van der Waals surface area contributed by atoms with Crippen LogP contribution in [-0.4, -0.2) is 33.9 Å². The summed E-state index contributed by atoms with van der Waals surface area (Å²) in [6, 6.07) is 0. The summed E-state index contributed by atoms with van der Waals surface area (Å²) in [6.45, 7) is 1.71. The quantitative estimate of drug-likeness (QED) is 0.427. The van der Waals surface area contributed by atoms with Gasteiger partial charge in [0.05, 0.1) is 0 Å². The lowest BCUT2D eigenvalue weighted by molar-refractivity contribution is -0.155. The largest absolute Gasteiger partial charge is 0.475 e. The number of Topliss-reactive ketones (excluding diaryl/α,β-unsaturated/α-hetero) is 2. The molecule has 0 amide bonds. The van der Waals surface area contributed by atoms with E-state index in [-0.39, 0.29) is 6.42 Å². The lowest BCUT2D eigenvalue weighted by Gasteiger charge is -2.03. The second kappa shape index (κ2) is 4.61. The molecule has 0 aliphatic rings. The molecule has 1 unspecified atom stereocenters. The van der Waals surface area contributed by atoms with Crippen LogP contribution < -0.4 is 0 Å². The van der Waals surface area contributed by atoms with Crippen LogP contribution in [0.2, 0.25) is 0 Å². The van der Waals surface area contributed by atoms with Crippen molar-refractivity contribution in [3.8, 4) is 0 Å². The lowest BCUT2D eigenvalue weighted by Crippen LogP contribution is -2.33. The molecule has 0 heterocycles. The molecule has 0 aromatic heterocycles. The summed E-state index contributed by atoms with van der Waals surface area (Å²) in [4.78, 5) is 31.1. The molecule has 0 rings (SSSR count). The van der Waals surface area contributed by atoms with Crippen molar-refractivity contribution in [2.45, 2.75) is 25.9 Å². The molecule has 2 N–H and O–H groups in total. The molecule has 0 aliphatic carbocycles. The Kier molecular flexibility index (Phi) is 4.14. The summed E-state index contributed by atoms with van der Waals surface area (Å²) in [5.74, 6) is -4.63. The zero-order chi connectivity index (χ0) is 9.72. The number of aliphatic carboxylic acids is 1. The predicted molar refractivity (Wildman–Crippen MR) is 38.6 cm³/mol. The van der Waals surface area contributed by atoms with Crippen molar-refractivity contribution < 1.29 is 24.6 Å².